The molecule has 0 saturated carbocycles. The summed E-state index contributed by atoms with van der Waals surface area (Å²) in [7, 11) is 0. The first-order chi connectivity index (χ1) is 11.0. The molecule has 0 radical (unpaired) electrons. The van der Waals surface area contributed by atoms with Crippen molar-refractivity contribution in [2.75, 3.05) is 18.5 Å². The van der Waals surface area contributed by atoms with E-state index in [-0.39, 0.29) is 5.91 Å². The van der Waals surface area contributed by atoms with Gasteiger partial charge in [-0.15, -0.1) is 0 Å². The molecular formula is C18H26N2O3. The zero-order valence-corrected chi connectivity index (χ0v) is 14.4. The number of carbonyl (C=O) groups is 1. The van der Waals surface area contributed by atoms with Crippen molar-refractivity contribution in [3.05, 3.63) is 23.8 Å². The molecule has 1 aromatic rings. The lowest BCUT2D eigenvalue weighted by molar-refractivity contribution is -0.139. The lowest BCUT2D eigenvalue weighted by Crippen LogP contribution is -2.42. The van der Waals surface area contributed by atoms with Crippen LogP contribution in [0.1, 0.15) is 52.5 Å². The van der Waals surface area contributed by atoms with Gasteiger partial charge in [0.15, 0.2) is 0 Å². The van der Waals surface area contributed by atoms with E-state index >= 15 is 0 Å². The van der Waals surface area contributed by atoms with E-state index in [2.05, 4.69) is 18.3 Å². The standard InChI is InChI=1S/C18H26N2O3/c1-5-8-11-22-16-10-9-15(12-14(16)13-19)20-17(21)18(4,6-2)23-7-3/h9-10,12H,5-8,11H2,1-4H3,(H,20,21)/t18-/m0/s1. The van der Waals surface area contributed by atoms with Gasteiger partial charge in [0.1, 0.15) is 17.4 Å². The van der Waals surface area contributed by atoms with Crippen LogP contribution in [0.4, 0.5) is 5.69 Å². The summed E-state index contributed by atoms with van der Waals surface area (Å²) in [5.74, 6) is 0.326. The molecule has 1 aromatic carbocycles. The Morgan fingerprint density at radius 1 is 1.35 bits per heavy atom. The Bertz CT molecular complexity index is 566. The average Bonchev–Trinajstić information content (AvgIpc) is 2.56. The predicted octanol–water partition coefficient (Wildman–Crippen LogP) is 3.88. The van der Waals surface area contributed by atoms with Gasteiger partial charge in [0, 0.05) is 12.3 Å². The molecule has 0 saturated heterocycles. The Morgan fingerprint density at radius 2 is 2.09 bits per heavy atom. The lowest BCUT2D eigenvalue weighted by atomic mass is 10.0. The monoisotopic (exact) mass is 318 g/mol. The Kier molecular flexibility index (Phi) is 7.56. The van der Waals surface area contributed by atoms with Gasteiger partial charge >= 0.3 is 0 Å². The summed E-state index contributed by atoms with van der Waals surface area (Å²) in [5, 5.41) is 12.1. The predicted molar refractivity (Wildman–Crippen MR) is 90.5 cm³/mol. The number of anilines is 1. The van der Waals surface area contributed by atoms with Gasteiger partial charge in [-0.2, -0.15) is 5.26 Å². The van der Waals surface area contributed by atoms with Gasteiger partial charge in [0.05, 0.1) is 12.2 Å². The Hall–Kier alpha value is -2.06. The summed E-state index contributed by atoms with van der Waals surface area (Å²) >= 11 is 0. The minimum absolute atomic E-state index is 0.217. The number of unbranched alkanes of at least 4 members (excludes halogenated alkanes) is 1. The third-order valence-corrected chi connectivity index (χ3v) is 3.73. The maximum absolute atomic E-state index is 12.4. The second-order valence-corrected chi connectivity index (χ2v) is 5.50. The fraction of sp³-hybridized carbons (Fsp3) is 0.556. The van der Waals surface area contributed by atoms with Crippen LogP contribution >= 0.6 is 0 Å². The fourth-order valence-corrected chi connectivity index (χ4v) is 2.06. The second-order valence-electron chi connectivity index (χ2n) is 5.50. The largest absolute Gasteiger partial charge is 0.492 e. The highest BCUT2D eigenvalue weighted by atomic mass is 16.5. The molecule has 1 amide bonds. The molecule has 0 aromatic heterocycles. The van der Waals surface area contributed by atoms with Gasteiger partial charge in [0.2, 0.25) is 0 Å². The van der Waals surface area contributed by atoms with Crippen molar-refractivity contribution in [3.8, 4) is 11.8 Å². The number of hydrogen-bond acceptors (Lipinski definition) is 4. The summed E-state index contributed by atoms with van der Waals surface area (Å²) in [6.07, 6.45) is 2.53. The number of nitriles is 1. The number of benzene rings is 1. The molecule has 23 heavy (non-hydrogen) atoms. The third kappa shape index (κ3) is 5.26. The van der Waals surface area contributed by atoms with Crippen LogP contribution in [0.3, 0.4) is 0 Å². The summed E-state index contributed by atoms with van der Waals surface area (Å²) in [6, 6.07) is 7.19. The highest BCUT2D eigenvalue weighted by Gasteiger charge is 2.31. The van der Waals surface area contributed by atoms with E-state index in [1.807, 2.05) is 13.8 Å². The smallest absolute Gasteiger partial charge is 0.256 e. The van der Waals surface area contributed by atoms with Crippen LogP contribution in [0, 0.1) is 11.3 Å². The first-order valence-electron chi connectivity index (χ1n) is 8.13. The normalized spacial score (nSPS) is 13.0. The molecule has 5 heteroatoms. The zero-order chi connectivity index (χ0) is 17.3. The van der Waals surface area contributed by atoms with Crippen molar-refractivity contribution in [3.63, 3.8) is 0 Å². The SMILES string of the molecule is CCCCOc1ccc(NC(=O)[C@](C)(CC)OCC)cc1C#N. The molecule has 5 nitrogen and oxygen atoms in total. The molecule has 126 valence electrons. The molecule has 0 heterocycles. The zero-order valence-electron chi connectivity index (χ0n) is 14.4. The van der Waals surface area contributed by atoms with Crippen LogP contribution in [0.2, 0.25) is 0 Å². The topological polar surface area (TPSA) is 71.3 Å². The Balaban J connectivity index is 2.86. The fourth-order valence-electron chi connectivity index (χ4n) is 2.06. The molecule has 1 N–H and O–H groups in total. The average molecular weight is 318 g/mol. The third-order valence-electron chi connectivity index (χ3n) is 3.73. The van der Waals surface area contributed by atoms with Gasteiger partial charge < -0.3 is 14.8 Å². The Labute approximate surface area is 138 Å². The number of hydrogen-bond donors (Lipinski definition) is 1. The van der Waals surface area contributed by atoms with Crippen molar-refractivity contribution in [1.82, 2.24) is 0 Å². The molecule has 1 atom stereocenters. The molecule has 0 aliphatic carbocycles. The van der Waals surface area contributed by atoms with E-state index in [0.717, 1.165) is 12.8 Å². The summed E-state index contributed by atoms with van der Waals surface area (Å²) in [5.41, 5.74) is 0.0972. The van der Waals surface area contributed by atoms with Crippen molar-refractivity contribution < 1.29 is 14.3 Å². The van der Waals surface area contributed by atoms with Crippen molar-refractivity contribution in [2.45, 2.75) is 52.6 Å². The second kappa shape index (κ2) is 9.16. The Morgan fingerprint density at radius 3 is 2.65 bits per heavy atom. The number of nitrogens with zero attached hydrogens (tertiary/aromatic N) is 1. The van der Waals surface area contributed by atoms with Crippen molar-refractivity contribution in [2.24, 2.45) is 0 Å². The lowest BCUT2D eigenvalue weighted by Gasteiger charge is -2.26. The molecule has 0 spiro atoms. The highest BCUT2D eigenvalue weighted by molar-refractivity contribution is 5.97. The van der Waals surface area contributed by atoms with E-state index < -0.39 is 5.60 Å². The van der Waals surface area contributed by atoms with E-state index in [4.69, 9.17) is 9.47 Å². The minimum Gasteiger partial charge on any atom is -0.492 e. The van der Waals surface area contributed by atoms with Crippen molar-refractivity contribution >= 4 is 11.6 Å². The van der Waals surface area contributed by atoms with Gasteiger partial charge in [-0.1, -0.05) is 20.3 Å². The molecule has 0 aliphatic heterocycles. The number of rotatable bonds is 9. The quantitative estimate of drug-likeness (QED) is 0.701. The van der Waals surface area contributed by atoms with Gasteiger partial charge in [-0.3, -0.25) is 4.79 Å². The van der Waals surface area contributed by atoms with E-state index in [1.165, 1.54) is 0 Å². The summed E-state index contributed by atoms with van der Waals surface area (Å²) < 4.78 is 11.2. The van der Waals surface area contributed by atoms with E-state index in [0.29, 0.717) is 36.6 Å². The number of amides is 1. The van der Waals surface area contributed by atoms with Crippen LogP contribution < -0.4 is 10.1 Å². The van der Waals surface area contributed by atoms with Gasteiger partial charge in [-0.05, 0) is 44.9 Å². The molecule has 0 aliphatic rings. The highest BCUT2D eigenvalue weighted by Crippen LogP contribution is 2.24. The van der Waals surface area contributed by atoms with Gasteiger partial charge in [0.25, 0.3) is 5.91 Å². The van der Waals surface area contributed by atoms with E-state index in [9.17, 15) is 10.1 Å². The van der Waals surface area contributed by atoms with Gasteiger partial charge in [-0.25, -0.2) is 0 Å². The first kappa shape index (κ1) is 19.0. The summed E-state index contributed by atoms with van der Waals surface area (Å²) in [6.45, 7) is 8.65. The molecule has 0 bridgehead atoms. The number of nitrogens with one attached hydrogen (secondary N) is 1. The maximum Gasteiger partial charge on any atom is 0.256 e. The van der Waals surface area contributed by atoms with Crippen LogP contribution in [-0.4, -0.2) is 24.7 Å². The van der Waals surface area contributed by atoms with Crippen LogP contribution in [0.5, 0.6) is 5.75 Å². The van der Waals surface area contributed by atoms with E-state index in [1.54, 1.807) is 25.1 Å². The molecule has 0 fully saturated rings. The minimum atomic E-state index is -0.877. The molecule has 1 rings (SSSR count). The van der Waals surface area contributed by atoms with Crippen LogP contribution in [0.15, 0.2) is 18.2 Å². The summed E-state index contributed by atoms with van der Waals surface area (Å²) in [4.78, 5) is 12.4. The first-order valence-corrected chi connectivity index (χ1v) is 8.13. The number of ether oxygens (including phenoxy) is 2. The van der Waals surface area contributed by atoms with Crippen LogP contribution in [-0.2, 0) is 9.53 Å². The maximum atomic E-state index is 12.4. The van der Waals surface area contributed by atoms with Crippen molar-refractivity contribution in [1.29, 1.82) is 5.26 Å². The number of carbonyl (C=O) groups excluding carboxylic acids is 1. The molecular weight excluding hydrogens is 292 g/mol. The van der Waals surface area contributed by atoms with Crippen LogP contribution in [0.25, 0.3) is 0 Å². The molecule has 0 unspecified atom stereocenters.